The van der Waals surface area contributed by atoms with Gasteiger partial charge in [0.1, 0.15) is 0 Å². The number of thiol groups is 2. The van der Waals surface area contributed by atoms with Crippen LogP contribution in [0.2, 0.25) is 0 Å². The van der Waals surface area contributed by atoms with E-state index in [1.807, 2.05) is 0 Å². The molecule has 0 saturated heterocycles. The van der Waals surface area contributed by atoms with Gasteiger partial charge in [-0.2, -0.15) is 25.3 Å². The van der Waals surface area contributed by atoms with Gasteiger partial charge in [-0.25, -0.2) is 0 Å². The van der Waals surface area contributed by atoms with E-state index >= 15 is 0 Å². The fourth-order valence-corrected chi connectivity index (χ4v) is 3.92. The standard InChI is InChI=1S/C25H48O4S2/c1-2-3-4-5-8-11-14-18-23(31)25(27)29-21-17-20-28-24(26)19-15-12-9-6-7-10-13-16-22-30/h23,30-31H,2-22H2,1H3. The maximum atomic E-state index is 11.9. The van der Waals surface area contributed by atoms with E-state index in [1.165, 1.54) is 70.6 Å². The van der Waals surface area contributed by atoms with Crippen molar-refractivity contribution in [1.82, 2.24) is 0 Å². The van der Waals surface area contributed by atoms with E-state index in [-0.39, 0.29) is 23.8 Å². The summed E-state index contributed by atoms with van der Waals surface area (Å²) in [5.74, 6) is 0.580. The van der Waals surface area contributed by atoms with Crippen LogP contribution in [0.1, 0.15) is 122 Å². The van der Waals surface area contributed by atoms with E-state index in [0.717, 1.165) is 37.9 Å². The van der Waals surface area contributed by atoms with Crippen LogP contribution in [0.15, 0.2) is 0 Å². The van der Waals surface area contributed by atoms with Crippen molar-refractivity contribution in [2.45, 2.75) is 128 Å². The van der Waals surface area contributed by atoms with Crippen molar-refractivity contribution in [1.29, 1.82) is 0 Å². The molecule has 0 heterocycles. The highest BCUT2D eigenvalue weighted by atomic mass is 32.1. The third-order valence-electron chi connectivity index (χ3n) is 5.44. The Bertz CT molecular complexity index is 418. The van der Waals surface area contributed by atoms with E-state index in [9.17, 15) is 9.59 Å². The summed E-state index contributed by atoms with van der Waals surface area (Å²) in [7, 11) is 0. The van der Waals surface area contributed by atoms with Gasteiger partial charge in [-0.3, -0.25) is 9.59 Å². The first-order valence-electron chi connectivity index (χ1n) is 12.7. The van der Waals surface area contributed by atoms with Crippen molar-refractivity contribution < 1.29 is 19.1 Å². The molecule has 0 rings (SSSR count). The minimum absolute atomic E-state index is 0.147. The number of hydrogen-bond acceptors (Lipinski definition) is 6. The summed E-state index contributed by atoms with van der Waals surface area (Å²) in [6, 6.07) is 0. The van der Waals surface area contributed by atoms with Crippen LogP contribution in [0, 0.1) is 0 Å². The number of esters is 2. The second-order valence-electron chi connectivity index (χ2n) is 8.47. The molecule has 6 heteroatoms. The zero-order chi connectivity index (χ0) is 23.0. The molecule has 0 aromatic rings. The molecule has 0 aliphatic heterocycles. The molecule has 0 bridgehead atoms. The predicted octanol–water partition coefficient (Wildman–Crippen LogP) is 7.34. The number of rotatable bonds is 23. The van der Waals surface area contributed by atoms with Crippen molar-refractivity contribution in [3.05, 3.63) is 0 Å². The Morgan fingerprint density at radius 3 is 1.81 bits per heavy atom. The lowest BCUT2D eigenvalue weighted by Crippen LogP contribution is -2.19. The van der Waals surface area contributed by atoms with Gasteiger partial charge in [0, 0.05) is 12.8 Å². The van der Waals surface area contributed by atoms with Crippen LogP contribution in [0.5, 0.6) is 0 Å². The van der Waals surface area contributed by atoms with Gasteiger partial charge < -0.3 is 9.47 Å². The highest BCUT2D eigenvalue weighted by Crippen LogP contribution is 2.14. The fraction of sp³-hybridized carbons (Fsp3) is 0.920. The number of carbonyl (C=O) groups is 2. The fourth-order valence-electron chi connectivity index (χ4n) is 3.44. The average molecular weight is 477 g/mol. The second-order valence-corrected chi connectivity index (χ2v) is 9.54. The Labute approximate surface area is 202 Å². The van der Waals surface area contributed by atoms with Gasteiger partial charge in [0.2, 0.25) is 0 Å². The Kier molecular flexibility index (Phi) is 24.0. The summed E-state index contributed by atoms with van der Waals surface area (Å²) >= 11 is 8.58. The molecule has 0 aromatic carbocycles. The maximum Gasteiger partial charge on any atom is 0.318 e. The highest BCUT2D eigenvalue weighted by molar-refractivity contribution is 7.81. The van der Waals surface area contributed by atoms with Crippen LogP contribution in [0.3, 0.4) is 0 Å². The molecule has 4 nitrogen and oxygen atoms in total. The minimum Gasteiger partial charge on any atom is -0.466 e. The smallest absolute Gasteiger partial charge is 0.318 e. The summed E-state index contributed by atoms with van der Waals surface area (Å²) in [4.78, 5) is 23.7. The molecule has 0 aromatic heterocycles. The number of carbonyl (C=O) groups excluding carboxylic acids is 2. The molecule has 0 aliphatic rings. The number of hydrogen-bond donors (Lipinski definition) is 2. The zero-order valence-corrected chi connectivity index (χ0v) is 21.7. The Morgan fingerprint density at radius 2 is 1.19 bits per heavy atom. The van der Waals surface area contributed by atoms with Gasteiger partial charge in [0.05, 0.1) is 18.5 Å². The van der Waals surface area contributed by atoms with E-state index in [2.05, 4.69) is 32.2 Å². The predicted molar refractivity (Wildman–Crippen MR) is 137 cm³/mol. The van der Waals surface area contributed by atoms with E-state index < -0.39 is 0 Å². The summed E-state index contributed by atoms with van der Waals surface area (Å²) in [5, 5.41) is -0.346. The van der Waals surface area contributed by atoms with E-state index in [1.54, 1.807) is 0 Å². The first kappa shape index (κ1) is 30.6. The monoisotopic (exact) mass is 476 g/mol. The lowest BCUT2D eigenvalue weighted by atomic mass is 10.1. The lowest BCUT2D eigenvalue weighted by Gasteiger charge is -2.11. The Hall–Kier alpha value is -0.360. The van der Waals surface area contributed by atoms with Crippen LogP contribution >= 0.6 is 25.3 Å². The van der Waals surface area contributed by atoms with E-state index in [4.69, 9.17) is 9.47 Å². The van der Waals surface area contributed by atoms with Crippen molar-refractivity contribution in [3.8, 4) is 0 Å². The molecular formula is C25H48O4S2. The SMILES string of the molecule is CCCCCCCCCC(S)C(=O)OCCCOC(=O)CCCCCCCCCCS. The molecule has 1 unspecified atom stereocenters. The molecule has 0 spiro atoms. The number of unbranched alkanes of at least 4 members (excludes halogenated alkanes) is 13. The van der Waals surface area contributed by atoms with Crippen LogP contribution in [0.25, 0.3) is 0 Å². The van der Waals surface area contributed by atoms with Crippen molar-refractivity contribution in [3.63, 3.8) is 0 Å². The van der Waals surface area contributed by atoms with Crippen LogP contribution in [-0.4, -0.2) is 36.2 Å². The minimum atomic E-state index is -0.346. The van der Waals surface area contributed by atoms with Gasteiger partial charge in [-0.05, 0) is 25.0 Å². The molecule has 0 saturated carbocycles. The van der Waals surface area contributed by atoms with Crippen molar-refractivity contribution >= 4 is 37.2 Å². The highest BCUT2D eigenvalue weighted by Gasteiger charge is 2.14. The normalized spacial score (nSPS) is 12.0. The second kappa shape index (κ2) is 24.3. The van der Waals surface area contributed by atoms with Gasteiger partial charge in [0.15, 0.2) is 0 Å². The molecule has 0 radical (unpaired) electrons. The van der Waals surface area contributed by atoms with E-state index in [0.29, 0.717) is 19.4 Å². The Balaban J connectivity index is 3.43. The van der Waals surface area contributed by atoms with Crippen LogP contribution in [0.4, 0.5) is 0 Å². The van der Waals surface area contributed by atoms with Gasteiger partial charge >= 0.3 is 11.9 Å². The van der Waals surface area contributed by atoms with Gasteiger partial charge in [0.25, 0.3) is 0 Å². The largest absolute Gasteiger partial charge is 0.466 e. The zero-order valence-electron chi connectivity index (χ0n) is 20.0. The topological polar surface area (TPSA) is 52.6 Å². The van der Waals surface area contributed by atoms with Gasteiger partial charge in [-0.1, -0.05) is 90.4 Å². The molecule has 31 heavy (non-hydrogen) atoms. The van der Waals surface area contributed by atoms with Crippen LogP contribution < -0.4 is 0 Å². The maximum absolute atomic E-state index is 11.9. The van der Waals surface area contributed by atoms with Crippen molar-refractivity contribution in [2.75, 3.05) is 19.0 Å². The molecular weight excluding hydrogens is 428 g/mol. The quantitative estimate of drug-likeness (QED) is 0.0920. The lowest BCUT2D eigenvalue weighted by molar-refractivity contribution is -0.146. The molecule has 184 valence electrons. The number of ether oxygens (including phenoxy) is 2. The molecule has 0 N–H and O–H groups in total. The molecule has 0 fully saturated rings. The summed E-state index contributed by atoms with van der Waals surface area (Å²) in [6.07, 6.45) is 19.8. The summed E-state index contributed by atoms with van der Waals surface area (Å²) in [5.41, 5.74) is 0. The average Bonchev–Trinajstić information content (AvgIpc) is 2.76. The third-order valence-corrected chi connectivity index (χ3v) is 6.22. The van der Waals surface area contributed by atoms with Gasteiger partial charge in [-0.15, -0.1) is 0 Å². The van der Waals surface area contributed by atoms with Crippen molar-refractivity contribution in [2.24, 2.45) is 0 Å². The molecule has 0 amide bonds. The molecule has 1 atom stereocenters. The first-order valence-corrected chi connectivity index (χ1v) is 13.9. The first-order chi connectivity index (χ1) is 15.1. The Morgan fingerprint density at radius 1 is 0.677 bits per heavy atom. The molecule has 0 aliphatic carbocycles. The third kappa shape index (κ3) is 22.6. The van der Waals surface area contributed by atoms with Crippen LogP contribution in [-0.2, 0) is 19.1 Å². The summed E-state index contributed by atoms with van der Waals surface area (Å²) < 4.78 is 10.5. The summed E-state index contributed by atoms with van der Waals surface area (Å²) in [6.45, 7) is 2.82.